The molecule has 3 fully saturated rings. The maximum Gasteiger partial charge on any atom is 0.307 e. The number of hydrogen-bond acceptors (Lipinski definition) is 4. The van der Waals surface area contributed by atoms with Crippen molar-refractivity contribution in [1.29, 1.82) is 0 Å². The van der Waals surface area contributed by atoms with Crippen molar-refractivity contribution in [2.75, 3.05) is 19.5 Å². The molecule has 0 aromatic heterocycles. The lowest BCUT2D eigenvalue weighted by atomic mass is 9.58. The number of benzene rings is 1. The highest BCUT2D eigenvalue weighted by Gasteiger charge is 2.50. The van der Waals surface area contributed by atoms with Gasteiger partial charge < -0.3 is 19.9 Å². The molecule has 0 radical (unpaired) electrons. The van der Waals surface area contributed by atoms with Crippen LogP contribution in [0, 0.1) is 23.7 Å². The van der Waals surface area contributed by atoms with Gasteiger partial charge in [-0.15, -0.1) is 0 Å². The summed E-state index contributed by atoms with van der Waals surface area (Å²) >= 11 is 0. The van der Waals surface area contributed by atoms with Gasteiger partial charge in [0.05, 0.1) is 31.7 Å². The van der Waals surface area contributed by atoms with Gasteiger partial charge >= 0.3 is 5.97 Å². The monoisotopic (exact) mass is 333 g/mol. The van der Waals surface area contributed by atoms with Crippen molar-refractivity contribution >= 4 is 17.6 Å². The van der Waals surface area contributed by atoms with Gasteiger partial charge in [0.1, 0.15) is 11.5 Å². The zero-order valence-electron chi connectivity index (χ0n) is 14.0. The maximum atomic E-state index is 12.8. The number of ether oxygens (including phenoxy) is 2. The zero-order chi connectivity index (χ0) is 17.3. The molecule has 6 heteroatoms. The molecule has 3 saturated carbocycles. The summed E-state index contributed by atoms with van der Waals surface area (Å²) in [5.74, 6) is -0.739. The third kappa shape index (κ3) is 2.92. The second kappa shape index (κ2) is 6.71. The third-order valence-corrected chi connectivity index (χ3v) is 5.47. The summed E-state index contributed by atoms with van der Waals surface area (Å²) in [5, 5.41) is 12.5. The smallest absolute Gasteiger partial charge is 0.307 e. The van der Waals surface area contributed by atoms with Crippen LogP contribution < -0.4 is 14.8 Å². The molecular weight excluding hydrogens is 310 g/mol. The van der Waals surface area contributed by atoms with Crippen LogP contribution in [0.3, 0.4) is 0 Å². The molecule has 0 aliphatic heterocycles. The summed E-state index contributed by atoms with van der Waals surface area (Å²) < 4.78 is 10.5. The number of nitrogens with one attached hydrogen (secondary N) is 1. The van der Waals surface area contributed by atoms with Crippen LogP contribution in [0.25, 0.3) is 0 Å². The quantitative estimate of drug-likeness (QED) is 0.865. The Kier molecular flexibility index (Phi) is 4.64. The van der Waals surface area contributed by atoms with Crippen LogP contribution in [-0.4, -0.2) is 31.2 Å². The lowest BCUT2D eigenvalue weighted by Gasteiger charge is -2.45. The van der Waals surface area contributed by atoms with Crippen molar-refractivity contribution in [3.63, 3.8) is 0 Å². The van der Waals surface area contributed by atoms with Crippen LogP contribution in [0.15, 0.2) is 18.2 Å². The predicted molar refractivity (Wildman–Crippen MR) is 88.2 cm³/mol. The van der Waals surface area contributed by atoms with E-state index in [-0.39, 0.29) is 17.7 Å². The molecule has 1 aromatic carbocycles. The van der Waals surface area contributed by atoms with Crippen LogP contribution in [-0.2, 0) is 9.59 Å². The lowest BCUT2D eigenvalue weighted by molar-refractivity contribution is -0.156. The number of methoxy groups -OCH3 is 2. The first-order valence-corrected chi connectivity index (χ1v) is 8.30. The van der Waals surface area contributed by atoms with Gasteiger partial charge in [0.25, 0.3) is 0 Å². The largest absolute Gasteiger partial charge is 0.497 e. The van der Waals surface area contributed by atoms with E-state index in [1.165, 1.54) is 7.11 Å². The van der Waals surface area contributed by atoms with Crippen molar-refractivity contribution in [3.05, 3.63) is 18.2 Å². The van der Waals surface area contributed by atoms with Gasteiger partial charge in [0.15, 0.2) is 0 Å². The molecule has 130 valence electrons. The molecule has 0 saturated heterocycles. The molecule has 0 unspecified atom stereocenters. The zero-order valence-corrected chi connectivity index (χ0v) is 14.0. The van der Waals surface area contributed by atoms with Gasteiger partial charge in [-0.2, -0.15) is 0 Å². The van der Waals surface area contributed by atoms with E-state index < -0.39 is 17.8 Å². The maximum absolute atomic E-state index is 12.8. The molecule has 4 rings (SSSR count). The Morgan fingerprint density at radius 1 is 1.04 bits per heavy atom. The van der Waals surface area contributed by atoms with Gasteiger partial charge in [-0.3, -0.25) is 9.59 Å². The fraction of sp³-hybridized carbons (Fsp3) is 0.556. The Labute approximate surface area is 141 Å². The molecule has 1 amide bonds. The molecule has 6 nitrogen and oxygen atoms in total. The van der Waals surface area contributed by atoms with Crippen molar-refractivity contribution < 1.29 is 24.2 Å². The topological polar surface area (TPSA) is 84.9 Å². The van der Waals surface area contributed by atoms with Crippen molar-refractivity contribution in [1.82, 2.24) is 0 Å². The molecule has 3 aliphatic carbocycles. The van der Waals surface area contributed by atoms with E-state index in [1.54, 1.807) is 25.3 Å². The summed E-state index contributed by atoms with van der Waals surface area (Å²) in [7, 11) is 3.08. The highest BCUT2D eigenvalue weighted by atomic mass is 16.5. The standard InChI is InChI=1S/C18H23NO5/c1-23-12-7-8-13(14(9-12)24-2)19-17(20)15-10-3-5-11(6-4-10)16(15)18(21)22/h7-11,15-16H,3-6H2,1-2H3,(H,19,20)(H,21,22)/t10?,11?,15-,16+/m0/s1. The third-order valence-electron chi connectivity index (χ3n) is 5.47. The molecule has 2 N–H and O–H groups in total. The fourth-order valence-electron chi connectivity index (χ4n) is 4.30. The van der Waals surface area contributed by atoms with Crippen LogP contribution in [0.2, 0.25) is 0 Å². The van der Waals surface area contributed by atoms with E-state index in [0.717, 1.165) is 25.7 Å². The lowest BCUT2D eigenvalue weighted by Crippen LogP contribution is -2.49. The minimum absolute atomic E-state index is 0.112. The number of carboxylic acids is 1. The minimum Gasteiger partial charge on any atom is -0.497 e. The molecule has 2 atom stereocenters. The summed E-state index contributed by atoms with van der Waals surface area (Å²) in [4.78, 5) is 24.5. The van der Waals surface area contributed by atoms with Crippen molar-refractivity contribution in [2.24, 2.45) is 23.7 Å². The molecular formula is C18H23NO5. The molecule has 0 heterocycles. The number of aliphatic carboxylic acids is 1. The molecule has 1 aromatic rings. The Balaban J connectivity index is 1.82. The number of anilines is 1. The van der Waals surface area contributed by atoms with Gasteiger partial charge in [-0.1, -0.05) is 0 Å². The highest BCUT2D eigenvalue weighted by Crippen LogP contribution is 2.49. The average Bonchev–Trinajstić information content (AvgIpc) is 2.62. The Hall–Kier alpha value is -2.24. The first-order valence-electron chi connectivity index (χ1n) is 8.30. The minimum atomic E-state index is -0.855. The summed E-state index contributed by atoms with van der Waals surface area (Å²) in [5.41, 5.74) is 0.536. The van der Waals surface area contributed by atoms with E-state index in [0.29, 0.717) is 17.2 Å². The van der Waals surface area contributed by atoms with E-state index in [1.807, 2.05) is 0 Å². The normalized spacial score (nSPS) is 28.2. The Morgan fingerprint density at radius 3 is 2.21 bits per heavy atom. The molecule has 3 aliphatic rings. The second-order valence-electron chi connectivity index (χ2n) is 6.62. The number of rotatable bonds is 5. The number of hydrogen-bond donors (Lipinski definition) is 2. The van der Waals surface area contributed by atoms with Crippen LogP contribution in [0.4, 0.5) is 5.69 Å². The number of amides is 1. The molecule has 0 spiro atoms. The molecule has 24 heavy (non-hydrogen) atoms. The van der Waals surface area contributed by atoms with E-state index in [4.69, 9.17) is 9.47 Å². The van der Waals surface area contributed by atoms with Crippen LogP contribution >= 0.6 is 0 Å². The van der Waals surface area contributed by atoms with Gasteiger partial charge in [0.2, 0.25) is 5.91 Å². The van der Waals surface area contributed by atoms with Gasteiger partial charge in [0, 0.05) is 6.07 Å². The van der Waals surface area contributed by atoms with Crippen molar-refractivity contribution in [3.8, 4) is 11.5 Å². The van der Waals surface area contributed by atoms with Crippen LogP contribution in [0.5, 0.6) is 11.5 Å². The molecule has 2 bridgehead atoms. The van der Waals surface area contributed by atoms with Crippen molar-refractivity contribution in [2.45, 2.75) is 25.7 Å². The van der Waals surface area contributed by atoms with Gasteiger partial charge in [-0.25, -0.2) is 0 Å². The number of carbonyl (C=O) groups excluding carboxylic acids is 1. The number of fused-ring (bicyclic) bond motifs is 3. The van der Waals surface area contributed by atoms with Gasteiger partial charge in [-0.05, 0) is 49.7 Å². The van der Waals surface area contributed by atoms with E-state index in [2.05, 4.69) is 5.32 Å². The first-order chi connectivity index (χ1) is 11.5. The SMILES string of the molecule is COc1ccc(NC(=O)[C@H]2C3CCC(CC3)[C@H]2C(=O)O)c(OC)c1. The predicted octanol–water partition coefficient (Wildman–Crippen LogP) is 2.78. The Morgan fingerprint density at radius 2 is 1.67 bits per heavy atom. The summed E-state index contributed by atoms with van der Waals surface area (Å²) in [6, 6.07) is 5.14. The highest BCUT2D eigenvalue weighted by molar-refractivity contribution is 5.96. The summed E-state index contributed by atoms with van der Waals surface area (Å²) in [6.07, 6.45) is 3.70. The van der Waals surface area contributed by atoms with E-state index in [9.17, 15) is 14.7 Å². The second-order valence-corrected chi connectivity index (χ2v) is 6.62. The first kappa shape index (κ1) is 16.6. The summed E-state index contributed by atoms with van der Waals surface area (Å²) in [6.45, 7) is 0. The van der Waals surface area contributed by atoms with Crippen LogP contribution in [0.1, 0.15) is 25.7 Å². The Bertz CT molecular complexity index is 636. The fourth-order valence-corrected chi connectivity index (χ4v) is 4.30. The number of carboxylic acid groups (broad SMARTS) is 1. The number of carbonyl (C=O) groups is 2. The van der Waals surface area contributed by atoms with E-state index >= 15 is 0 Å². The average molecular weight is 333 g/mol.